The van der Waals surface area contributed by atoms with E-state index < -0.39 is 12.0 Å². The number of pyridine rings is 1. The molecule has 0 aliphatic carbocycles. The van der Waals surface area contributed by atoms with Crippen LogP contribution in [0.2, 0.25) is 0 Å². The van der Waals surface area contributed by atoms with Crippen LogP contribution in [-0.4, -0.2) is 32.6 Å². The van der Waals surface area contributed by atoms with Gasteiger partial charge in [0.2, 0.25) is 5.91 Å². The van der Waals surface area contributed by atoms with Gasteiger partial charge < -0.3 is 10.6 Å². The number of carbonyl (C=O) groups is 2. The Hall–Kier alpha value is -4.26. The number of aromatic nitrogens is 3. The molecule has 2 amide bonds. The Morgan fingerprint density at radius 1 is 1.00 bits per heavy atom. The molecule has 0 saturated carbocycles. The van der Waals surface area contributed by atoms with Gasteiger partial charge in [0.1, 0.15) is 11.9 Å². The zero-order chi connectivity index (χ0) is 22.9. The smallest absolute Gasteiger partial charge is 0.251 e. The lowest BCUT2D eigenvalue weighted by molar-refractivity contribution is -0.118. The second-order valence-electron chi connectivity index (χ2n) is 8.16. The summed E-state index contributed by atoms with van der Waals surface area (Å²) in [7, 11) is 0. The third kappa shape index (κ3) is 3.78. The van der Waals surface area contributed by atoms with E-state index in [1.165, 1.54) is 0 Å². The maximum absolute atomic E-state index is 13.4. The van der Waals surface area contributed by atoms with Gasteiger partial charge in [-0.1, -0.05) is 35.9 Å². The van der Waals surface area contributed by atoms with Crippen LogP contribution in [0.15, 0.2) is 79.1 Å². The molecule has 0 radical (unpaired) electrons. The minimum Gasteiger partial charge on any atom is -0.339 e. The summed E-state index contributed by atoms with van der Waals surface area (Å²) in [5, 5.41) is 10.7. The van der Waals surface area contributed by atoms with E-state index in [0.29, 0.717) is 11.4 Å². The zero-order valence-electron chi connectivity index (χ0n) is 18.3. The van der Waals surface area contributed by atoms with Crippen molar-refractivity contribution in [3.63, 3.8) is 0 Å². The molecule has 0 spiro atoms. The molecule has 2 atom stereocenters. The van der Waals surface area contributed by atoms with Gasteiger partial charge in [-0.25, -0.2) is 4.68 Å². The summed E-state index contributed by atoms with van der Waals surface area (Å²) in [5.74, 6) is -0.383. The predicted octanol–water partition coefficient (Wildman–Crippen LogP) is 3.77. The maximum Gasteiger partial charge on any atom is 0.251 e. The monoisotopic (exact) mass is 437 g/mol. The van der Waals surface area contributed by atoms with E-state index >= 15 is 0 Å². The van der Waals surface area contributed by atoms with Crippen molar-refractivity contribution in [1.29, 1.82) is 0 Å². The lowest BCUT2D eigenvalue weighted by Crippen LogP contribution is -2.50. The van der Waals surface area contributed by atoms with E-state index in [1.54, 1.807) is 23.1 Å². The van der Waals surface area contributed by atoms with Crippen molar-refractivity contribution in [1.82, 2.24) is 20.1 Å². The van der Waals surface area contributed by atoms with Crippen molar-refractivity contribution < 1.29 is 9.59 Å². The second kappa shape index (κ2) is 8.35. The molecule has 0 saturated heterocycles. The van der Waals surface area contributed by atoms with Crippen LogP contribution in [0.1, 0.15) is 38.7 Å². The summed E-state index contributed by atoms with van der Waals surface area (Å²) in [6.07, 6.45) is 3.38. The van der Waals surface area contributed by atoms with Crippen molar-refractivity contribution >= 4 is 17.6 Å². The molecule has 0 fully saturated rings. The van der Waals surface area contributed by atoms with E-state index in [4.69, 9.17) is 5.10 Å². The molecule has 7 heteroatoms. The third-order valence-electron chi connectivity index (χ3n) is 5.91. The minimum absolute atomic E-state index is 0.289. The van der Waals surface area contributed by atoms with Gasteiger partial charge >= 0.3 is 0 Å². The van der Waals surface area contributed by atoms with E-state index in [9.17, 15) is 9.59 Å². The van der Waals surface area contributed by atoms with Crippen molar-refractivity contribution in [2.24, 2.45) is 0 Å². The topological polar surface area (TPSA) is 88.9 Å². The van der Waals surface area contributed by atoms with Gasteiger partial charge in [-0.05, 0) is 55.8 Å². The third-order valence-corrected chi connectivity index (χ3v) is 5.91. The van der Waals surface area contributed by atoms with Crippen molar-refractivity contribution in [2.75, 3.05) is 5.32 Å². The predicted molar refractivity (Wildman–Crippen MR) is 125 cm³/mol. The quantitative estimate of drug-likeness (QED) is 0.509. The highest BCUT2D eigenvalue weighted by atomic mass is 16.2. The number of carbonyl (C=O) groups excluding carboxylic acids is 2. The Kier molecular flexibility index (Phi) is 5.22. The van der Waals surface area contributed by atoms with Gasteiger partial charge in [0.15, 0.2) is 0 Å². The number of fused-ring (bicyclic) bond motifs is 1. The highest BCUT2D eigenvalue weighted by molar-refractivity contribution is 6.04. The normalized spacial score (nSPS) is 17.2. The largest absolute Gasteiger partial charge is 0.339 e. The number of nitrogens with one attached hydrogen (secondary N) is 2. The zero-order valence-corrected chi connectivity index (χ0v) is 18.3. The van der Waals surface area contributed by atoms with Crippen LogP contribution >= 0.6 is 0 Å². The van der Waals surface area contributed by atoms with Crippen LogP contribution in [0.5, 0.6) is 0 Å². The van der Waals surface area contributed by atoms with Crippen LogP contribution in [0, 0.1) is 13.8 Å². The summed E-state index contributed by atoms with van der Waals surface area (Å²) in [6.45, 7) is 3.85. The number of para-hydroxylation sites is 1. The minimum atomic E-state index is -0.806. The first-order chi connectivity index (χ1) is 16.0. The Labute approximate surface area is 191 Å². The molecular formula is C26H23N5O2. The molecule has 164 valence electrons. The number of benzene rings is 2. The van der Waals surface area contributed by atoms with Crippen molar-refractivity contribution in [3.05, 3.63) is 107 Å². The molecule has 2 aromatic heterocycles. The molecule has 1 aliphatic rings. The van der Waals surface area contributed by atoms with E-state index in [1.807, 2.05) is 74.5 Å². The average molecular weight is 438 g/mol. The van der Waals surface area contributed by atoms with Gasteiger partial charge in [0, 0.05) is 29.4 Å². The Bertz CT molecular complexity index is 1330. The molecule has 33 heavy (non-hydrogen) atoms. The standard InChI is InChI=1S/C26H23N5O2/c1-16-7-6-8-19(15-16)25(32)28-23-22(18-11-13-27-14-12-18)21-17(2)30-31(24(21)29-26(23)33)20-9-4-3-5-10-20/h3-15,22-23H,1-2H3,(H,28,32)(H,29,33)/t22-,23-/m0/s1. The molecule has 2 N–H and O–H groups in total. The molecule has 3 heterocycles. The van der Waals surface area contributed by atoms with Gasteiger partial charge in [-0.3, -0.25) is 14.6 Å². The van der Waals surface area contributed by atoms with Gasteiger partial charge in [-0.2, -0.15) is 5.10 Å². The number of amides is 2. The number of hydrogen-bond donors (Lipinski definition) is 2. The summed E-state index contributed by atoms with van der Waals surface area (Å²) >= 11 is 0. The SMILES string of the molecule is Cc1cccc(C(=O)N[C@@H]2C(=O)Nc3c(c(C)nn3-c3ccccc3)[C@@H]2c2ccncc2)c1. The van der Waals surface area contributed by atoms with Crippen molar-refractivity contribution in [3.8, 4) is 5.69 Å². The Balaban J connectivity index is 1.61. The van der Waals surface area contributed by atoms with Crippen LogP contribution in [0.3, 0.4) is 0 Å². The lowest BCUT2D eigenvalue weighted by atomic mass is 9.82. The maximum atomic E-state index is 13.4. The molecule has 0 unspecified atom stereocenters. The number of hydrogen-bond acceptors (Lipinski definition) is 4. The van der Waals surface area contributed by atoms with E-state index in [-0.39, 0.29) is 11.8 Å². The summed E-state index contributed by atoms with van der Waals surface area (Å²) in [4.78, 5) is 30.6. The highest BCUT2D eigenvalue weighted by Crippen LogP contribution is 2.40. The average Bonchev–Trinajstić information content (AvgIpc) is 3.16. The number of aryl methyl sites for hydroxylation is 2. The summed E-state index contributed by atoms with van der Waals surface area (Å²) < 4.78 is 1.75. The van der Waals surface area contributed by atoms with E-state index in [2.05, 4.69) is 15.6 Å². The fraction of sp³-hybridized carbons (Fsp3) is 0.154. The number of anilines is 1. The van der Waals surface area contributed by atoms with Crippen LogP contribution < -0.4 is 10.6 Å². The van der Waals surface area contributed by atoms with Gasteiger partial charge in [-0.15, -0.1) is 0 Å². The van der Waals surface area contributed by atoms with Crippen LogP contribution in [-0.2, 0) is 4.79 Å². The number of nitrogens with zero attached hydrogens (tertiary/aromatic N) is 3. The van der Waals surface area contributed by atoms with Gasteiger partial charge in [0.25, 0.3) is 5.91 Å². The van der Waals surface area contributed by atoms with Crippen molar-refractivity contribution in [2.45, 2.75) is 25.8 Å². The molecule has 2 aromatic carbocycles. The Morgan fingerprint density at radius 2 is 1.76 bits per heavy atom. The first kappa shape index (κ1) is 20.6. The lowest BCUT2D eigenvalue weighted by Gasteiger charge is -2.32. The molecule has 7 nitrogen and oxygen atoms in total. The highest BCUT2D eigenvalue weighted by Gasteiger charge is 2.41. The van der Waals surface area contributed by atoms with Gasteiger partial charge in [0.05, 0.1) is 11.4 Å². The molecule has 4 aromatic rings. The van der Waals surface area contributed by atoms with Crippen LogP contribution in [0.25, 0.3) is 5.69 Å². The summed E-state index contributed by atoms with van der Waals surface area (Å²) in [6, 6.07) is 19.9. The fourth-order valence-corrected chi connectivity index (χ4v) is 4.39. The summed E-state index contributed by atoms with van der Waals surface area (Å²) in [5.41, 5.74) is 4.87. The fourth-order valence-electron chi connectivity index (χ4n) is 4.39. The second-order valence-corrected chi connectivity index (χ2v) is 8.16. The Morgan fingerprint density at radius 3 is 2.48 bits per heavy atom. The van der Waals surface area contributed by atoms with E-state index in [0.717, 1.165) is 28.1 Å². The molecular weight excluding hydrogens is 414 g/mol. The first-order valence-electron chi connectivity index (χ1n) is 10.8. The van der Waals surface area contributed by atoms with Crippen LogP contribution in [0.4, 0.5) is 5.82 Å². The molecule has 0 bridgehead atoms. The molecule has 1 aliphatic heterocycles. The molecule has 5 rings (SSSR count). The number of rotatable bonds is 4. The first-order valence-corrected chi connectivity index (χ1v) is 10.8.